The minimum absolute atomic E-state index is 0.0846. The molecule has 1 amide bonds. The first kappa shape index (κ1) is 15.5. The fourth-order valence-electron chi connectivity index (χ4n) is 2.52. The predicted octanol–water partition coefficient (Wildman–Crippen LogP) is 2.69. The first-order valence-electron chi connectivity index (χ1n) is 7.15. The molecule has 0 aromatic carbocycles. The molecule has 0 spiro atoms. The van der Waals surface area contributed by atoms with Gasteiger partial charge in [0.1, 0.15) is 0 Å². The molecule has 0 bridgehead atoms. The van der Waals surface area contributed by atoms with Gasteiger partial charge in [0.2, 0.25) is 5.91 Å². The van der Waals surface area contributed by atoms with Crippen LogP contribution < -0.4 is 11.1 Å². The van der Waals surface area contributed by atoms with Gasteiger partial charge in [0.15, 0.2) is 0 Å². The average molecular weight is 254 g/mol. The van der Waals surface area contributed by atoms with Gasteiger partial charge in [-0.1, -0.05) is 13.8 Å². The summed E-state index contributed by atoms with van der Waals surface area (Å²) in [5, 5.41) is 3.22. The van der Waals surface area contributed by atoms with Crippen LogP contribution in [-0.2, 0) is 4.79 Å². The number of hydrogen-bond donors (Lipinski definition) is 2. The third-order valence-corrected chi connectivity index (χ3v) is 4.93. The van der Waals surface area contributed by atoms with Crippen LogP contribution in [0.25, 0.3) is 0 Å². The lowest BCUT2D eigenvalue weighted by molar-refractivity contribution is -0.133. The number of rotatable bonds is 3. The summed E-state index contributed by atoms with van der Waals surface area (Å²) in [6.45, 7) is 12.2. The second-order valence-electron chi connectivity index (χ2n) is 7.32. The minimum atomic E-state index is -0.546. The molecule has 3 nitrogen and oxygen atoms in total. The zero-order valence-electron chi connectivity index (χ0n) is 12.8. The van der Waals surface area contributed by atoms with Crippen molar-refractivity contribution in [1.82, 2.24) is 5.32 Å². The SMILES string of the molecule is CC1CCC(NC(=O)C(C)(C)C(C)(C)N)C(C)C1. The number of amides is 1. The maximum absolute atomic E-state index is 12.4. The quantitative estimate of drug-likeness (QED) is 0.813. The maximum atomic E-state index is 12.4. The van der Waals surface area contributed by atoms with Crippen LogP contribution in [0.1, 0.15) is 60.8 Å². The largest absolute Gasteiger partial charge is 0.353 e. The van der Waals surface area contributed by atoms with Gasteiger partial charge in [-0.3, -0.25) is 4.79 Å². The summed E-state index contributed by atoms with van der Waals surface area (Å²) in [5.74, 6) is 1.43. The van der Waals surface area contributed by atoms with Crippen LogP contribution in [0.15, 0.2) is 0 Å². The molecule has 1 rings (SSSR count). The van der Waals surface area contributed by atoms with Crippen LogP contribution in [0, 0.1) is 17.3 Å². The molecule has 1 aliphatic carbocycles. The van der Waals surface area contributed by atoms with E-state index in [1.807, 2.05) is 27.7 Å². The number of carbonyl (C=O) groups excluding carboxylic acids is 1. The highest BCUT2D eigenvalue weighted by Gasteiger charge is 2.41. The summed E-state index contributed by atoms with van der Waals surface area (Å²) in [6.07, 6.45) is 3.51. The van der Waals surface area contributed by atoms with Gasteiger partial charge in [0, 0.05) is 11.6 Å². The molecule has 0 heterocycles. The van der Waals surface area contributed by atoms with Crippen LogP contribution in [0.5, 0.6) is 0 Å². The molecule has 1 fully saturated rings. The molecule has 106 valence electrons. The zero-order valence-corrected chi connectivity index (χ0v) is 12.8. The van der Waals surface area contributed by atoms with Gasteiger partial charge in [0.05, 0.1) is 5.41 Å². The molecule has 0 aliphatic heterocycles. The van der Waals surface area contributed by atoms with E-state index in [1.165, 1.54) is 12.8 Å². The number of hydrogen-bond acceptors (Lipinski definition) is 2. The zero-order chi connectivity index (χ0) is 14.1. The van der Waals surface area contributed by atoms with Gasteiger partial charge in [-0.2, -0.15) is 0 Å². The molecule has 3 atom stereocenters. The summed E-state index contributed by atoms with van der Waals surface area (Å²) in [4.78, 5) is 12.4. The summed E-state index contributed by atoms with van der Waals surface area (Å²) in [7, 11) is 0. The molecule has 0 radical (unpaired) electrons. The van der Waals surface area contributed by atoms with Crippen molar-refractivity contribution in [2.75, 3.05) is 0 Å². The topological polar surface area (TPSA) is 55.1 Å². The summed E-state index contributed by atoms with van der Waals surface area (Å²) < 4.78 is 0. The lowest BCUT2D eigenvalue weighted by Gasteiger charge is -2.40. The second-order valence-corrected chi connectivity index (χ2v) is 7.32. The molecule has 0 aromatic heterocycles. The Hall–Kier alpha value is -0.570. The summed E-state index contributed by atoms with van der Waals surface area (Å²) in [5.41, 5.74) is 5.06. The Bertz CT molecular complexity index is 304. The van der Waals surface area contributed by atoms with Crippen molar-refractivity contribution in [3.63, 3.8) is 0 Å². The van der Waals surface area contributed by atoms with Crippen molar-refractivity contribution in [2.45, 2.75) is 72.4 Å². The molecule has 18 heavy (non-hydrogen) atoms. The highest BCUT2D eigenvalue weighted by Crippen LogP contribution is 2.32. The van der Waals surface area contributed by atoms with Gasteiger partial charge in [-0.25, -0.2) is 0 Å². The summed E-state index contributed by atoms with van der Waals surface area (Å²) in [6, 6.07) is 0.315. The van der Waals surface area contributed by atoms with E-state index in [2.05, 4.69) is 19.2 Å². The Morgan fingerprint density at radius 2 is 1.72 bits per heavy atom. The van der Waals surface area contributed by atoms with Crippen molar-refractivity contribution in [1.29, 1.82) is 0 Å². The van der Waals surface area contributed by atoms with E-state index in [1.54, 1.807) is 0 Å². The van der Waals surface area contributed by atoms with E-state index in [4.69, 9.17) is 5.73 Å². The van der Waals surface area contributed by atoms with Gasteiger partial charge in [0.25, 0.3) is 0 Å². The van der Waals surface area contributed by atoms with Gasteiger partial charge in [-0.15, -0.1) is 0 Å². The molecule has 1 saturated carbocycles. The standard InChI is InChI=1S/C15H30N2O/c1-10-7-8-12(11(2)9-10)17-13(18)14(3,4)15(5,6)16/h10-12H,7-9,16H2,1-6H3,(H,17,18). The van der Waals surface area contributed by atoms with Gasteiger partial charge >= 0.3 is 0 Å². The lowest BCUT2D eigenvalue weighted by Crippen LogP contribution is -2.58. The van der Waals surface area contributed by atoms with Crippen molar-refractivity contribution in [2.24, 2.45) is 23.0 Å². The highest BCUT2D eigenvalue weighted by atomic mass is 16.2. The smallest absolute Gasteiger partial charge is 0.227 e. The lowest BCUT2D eigenvalue weighted by atomic mass is 9.73. The van der Waals surface area contributed by atoms with E-state index in [-0.39, 0.29) is 5.91 Å². The molecule has 3 unspecified atom stereocenters. The molecular formula is C15H30N2O. The van der Waals surface area contributed by atoms with Crippen molar-refractivity contribution in [3.8, 4) is 0 Å². The second kappa shape index (κ2) is 5.20. The monoisotopic (exact) mass is 254 g/mol. The van der Waals surface area contributed by atoms with Crippen molar-refractivity contribution >= 4 is 5.91 Å². The fourth-order valence-corrected chi connectivity index (χ4v) is 2.52. The molecule has 0 saturated heterocycles. The van der Waals surface area contributed by atoms with Crippen LogP contribution in [-0.4, -0.2) is 17.5 Å². The molecule has 0 aromatic rings. The Labute approximate surface area is 112 Å². The Kier molecular flexibility index (Phi) is 4.47. The highest BCUT2D eigenvalue weighted by molar-refractivity contribution is 5.83. The van der Waals surface area contributed by atoms with Crippen LogP contribution in [0.4, 0.5) is 0 Å². The Morgan fingerprint density at radius 3 is 2.17 bits per heavy atom. The fraction of sp³-hybridized carbons (Fsp3) is 0.933. The third-order valence-electron chi connectivity index (χ3n) is 4.93. The number of nitrogens with two attached hydrogens (primary N) is 1. The Morgan fingerprint density at radius 1 is 1.17 bits per heavy atom. The maximum Gasteiger partial charge on any atom is 0.227 e. The normalized spacial score (nSPS) is 30.1. The minimum Gasteiger partial charge on any atom is -0.353 e. The molecular weight excluding hydrogens is 224 g/mol. The van der Waals surface area contributed by atoms with Crippen molar-refractivity contribution in [3.05, 3.63) is 0 Å². The number of nitrogens with one attached hydrogen (secondary N) is 1. The first-order chi connectivity index (χ1) is 8.05. The number of carbonyl (C=O) groups is 1. The van der Waals surface area contributed by atoms with Crippen LogP contribution in [0.3, 0.4) is 0 Å². The van der Waals surface area contributed by atoms with E-state index < -0.39 is 11.0 Å². The molecule has 3 N–H and O–H groups in total. The van der Waals surface area contributed by atoms with Crippen molar-refractivity contribution < 1.29 is 4.79 Å². The van der Waals surface area contributed by atoms with E-state index in [0.29, 0.717) is 12.0 Å². The van der Waals surface area contributed by atoms with Gasteiger partial charge in [-0.05, 0) is 58.8 Å². The van der Waals surface area contributed by atoms with Crippen LogP contribution in [0.2, 0.25) is 0 Å². The summed E-state index contributed by atoms with van der Waals surface area (Å²) >= 11 is 0. The predicted molar refractivity (Wildman–Crippen MR) is 76.2 cm³/mol. The first-order valence-corrected chi connectivity index (χ1v) is 7.15. The molecule has 3 heteroatoms. The van der Waals surface area contributed by atoms with E-state index >= 15 is 0 Å². The Balaban J connectivity index is 2.65. The molecule has 1 aliphatic rings. The average Bonchev–Trinajstić information content (AvgIpc) is 2.20. The third kappa shape index (κ3) is 3.25. The van der Waals surface area contributed by atoms with Crippen LogP contribution >= 0.6 is 0 Å². The van der Waals surface area contributed by atoms with Gasteiger partial charge < -0.3 is 11.1 Å². The van der Waals surface area contributed by atoms with E-state index in [9.17, 15) is 4.79 Å². The van der Waals surface area contributed by atoms with E-state index in [0.717, 1.165) is 12.3 Å².